The molecule has 1 aliphatic heterocycles. The highest BCUT2D eigenvalue weighted by molar-refractivity contribution is 6.13. The average molecular weight is 546 g/mol. The summed E-state index contributed by atoms with van der Waals surface area (Å²) in [5.74, 6) is -0.511. The molecule has 0 aliphatic carbocycles. The van der Waals surface area contributed by atoms with Gasteiger partial charge in [-0.1, -0.05) is 24.3 Å². The summed E-state index contributed by atoms with van der Waals surface area (Å²) >= 11 is 0. The van der Waals surface area contributed by atoms with E-state index in [2.05, 4.69) is 10.6 Å². The predicted molar refractivity (Wildman–Crippen MR) is 156 cm³/mol. The van der Waals surface area contributed by atoms with Crippen molar-refractivity contribution in [1.29, 1.82) is 0 Å². The van der Waals surface area contributed by atoms with Crippen LogP contribution in [0.15, 0.2) is 84.9 Å². The Labute approximate surface area is 233 Å². The lowest BCUT2D eigenvalue weighted by molar-refractivity contribution is -0.385. The van der Waals surface area contributed by atoms with Crippen molar-refractivity contribution in [2.75, 3.05) is 17.7 Å². The average Bonchev–Trinajstić information content (AvgIpc) is 3.10. The maximum absolute atomic E-state index is 13.2. The van der Waals surface area contributed by atoms with Crippen molar-refractivity contribution in [1.82, 2.24) is 4.98 Å². The predicted octanol–water partition coefficient (Wildman–Crippen LogP) is 5.82. The van der Waals surface area contributed by atoms with Gasteiger partial charge in [0.2, 0.25) is 5.91 Å². The number of fused-ring (bicyclic) bond motifs is 3. The third kappa shape index (κ3) is 4.89. The molecule has 0 unspecified atom stereocenters. The molecule has 1 aromatic heterocycles. The largest absolute Gasteiger partial charge is 0.490 e. The summed E-state index contributed by atoms with van der Waals surface area (Å²) in [4.78, 5) is 40.0. The summed E-state index contributed by atoms with van der Waals surface area (Å²) in [6.45, 7) is 0. The van der Waals surface area contributed by atoms with Crippen LogP contribution in [-0.4, -0.2) is 28.8 Å². The molecule has 6 rings (SSSR count). The first-order chi connectivity index (χ1) is 19.8. The van der Waals surface area contributed by atoms with Gasteiger partial charge in [0.1, 0.15) is 0 Å². The Morgan fingerprint density at radius 2 is 1.63 bits per heavy atom. The zero-order valence-corrected chi connectivity index (χ0v) is 21.8. The first kappa shape index (κ1) is 25.5. The van der Waals surface area contributed by atoms with Crippen LogP contribution in [0.3, 0.4) is 0 Å². The van der Waals surface area contributed by atoms with Crippen molar-refractivity contribution in [3.63, 3.8) is 0 Å². The van der Waals surface area contributed by atoms with Gasteiger partial charge in [0.25, 0.3) is 5.91 Å². The molecule has 0 saturated heterocycles. The Morgan fingerprint density at radius 3 is 2.41 bits per heavy atom. The lowest BCUT2D eigenvalue weighted by Gasteiger charge is -2.12. The highest BCUT2D eigenvalue weighted by Gasteiger charge is 2.21. The monoisotopic (exact) mass is 545 g/mol. The first-order valence-corrected chi connectivity index (χ1v) is 12.7. The Hall–Kier alpha value is -5.77. The molecular formula is C31H23N5O5. The number of nitro groups is 1. The SMILES string of the molecule is COc1cc(-c2ccc3c(c2)Nc2ccc(-c4ccc5cc(CC(N)=O)ccc5n4)cc2NC3=O)ccc1[N+](=O)[O-]. The number of carbonyl (C=O) groups is 2. The van der Waals surface area contributed by atoms with Crippen molar-refractivity contribution in [3.8, 4) is 28.1 Å². The van der Waals surface area contributed by atoms with E-state index in [0.29, 0.717) is 28.2 Å². The number of aromatic nitrogens is 1. The number of hydrogen-bond donors (Lipinski definition) is 3. The van der Waals surface area contributed by atoms with Gasteiger partial charge in [0, 0.05) is 17.0 Å². The summed E-state index contributed by atoms with van der Waals surface area (Å²) in [5.41, 5.74) is 12.2. The molecule has 0 bridgehead atoms. The number of primary amides is 1. The molecule has 4 N–H and O–H groups in total. The number of nitrogens with zero attached hydrogens (tertiary/aromatic N) is 2. The number of rotatable bonds is 6. The van der Waals surface area contributed by atoms with E-state index < -0.39 is 4.92 Å². The highest BCUT2D eigenvalue weighted by atomic mass is 16.6. The Bertz CT molecular complexity index is 1900. The fraction of sp³-hybridized carbons (Fsp3) is 0.0645. The maximum atomic E-state index is 13.2. The number of benzene rings is 4. The van der Waals surface area contributed by atoms with Gasteiger partial charge in [-0.3, -0.25) is 19.7 Å². The molecule has 1 aliphatic rings. The zero-order valence-electron chi connectivity index (χ0n) is 21.8. The zero-order chi connectivity index (χ0) is 28.7. The van der Waals surface area contributed by atoms with Gasteiger partial charge in [-0.25, -0.2) is 4.98 Å². The molecule has 202 valence electrons. The van der Waals surface area contributed by atoms with E-state index in [4.69, 9.17) is 15.5 Å². The number of pyridine rings is 1. The van der Waals surface area contributed by atoms with Crippen molar-refractivity contribution in [3.05, 3.63) is 106 Å². The Morgan fingerprint density at radius 1 is 0.878 bits per heavy atom. The minimum atomic E-state index is -0.494. The molecule has 0 spiro atoms. The number of carbonyl (C=O) groups excluding carboxylic acids is 2. The van der Waals surface area contributed by atoms with E-state index in [1.165, 1.54) is 13.2 Å². The standard InChI is InChI=1S/C31H23N5O5/c1-41-29-16-19(6-11-28(29)36(39)40)18-3-7-22-26(14-18)34-25-10-5-21(15-27(25)35-31(22)38)24-9-4-20-12-17(13-30(32)37)2-8-23(20)33-24/h2-12,14-16,34H,13H2,1H3,(H2,32,37)(H,35,38). The Kier molecular flexibility index (Phi) is 6.27. The van der Waals surface area contributed by atoms with Gasteiger partial charge < -0.3 is 21.1 Å². The smallest absolute Gasteiger partial charge is 0.310 e. The lowest BCUT2D eigenvalue weighted by Crippen LogP contribution is -2.13. The highest BCUT2D eigenvalue weighted by Crippen LogP contribution is 2.38. The van der Waals surface area contributed by atoms with E-state index >= 15 is 0 Å². The number of nitrogens with one attached hydrogen (secondary N) is 2. The first-order valence-electron chi connectivity index (χ1n) is 12.7. The molecule has 2 amide bonds. The van der Waals surface area contributed by atoms with Crippen LogP contribution in [0.1, 0.15) is 15.9 Å². The normalized spacial score (nSPS) is 12.0. The van der Waals surface area contributed by atoms with Crippen LogP contribution in [-0.2, 0) is 11.2 Å². The number of nitro benzene ring substituents is 1. The second-order valence-corrected chi connectivity index (χ2v) is 9.61. The van der Waals surface area contributed by atoms with Crippen LogP contribution in [0, 0.1) is 10.1 Å². The molecule has 0 fully saturated rings. The Balaban J connectivity index is 1.32. The van der Waals surface area contributed by atoms with Gasteiger partial charge in [0.05, 0.1) is 52.3 Å². The molecule has 0 radical (unpaired) electrons. The van der Waals surface area contributed by atoms with Gasteiger partial charge in [-0.15, -0.1) is 0 Å². The van der Waals surface area contributed by atoms with Crippen molar-refractivity contribution < 1.29 is 19.2 Å². The van der Waals surface area contributed by atoms with Crippen LogP contribution in [0.4, 0.5) is 22.7 Å². The molecule has 2 heterocycles. The fourth-order valence-electron chi connectivity index (χ4n) is 4.93. The number of methoxy groups -OCH3 is 1. The third-order valence-corrected chi connectivity index (χ3v) is 6.94. The minimum Gasteiger partial charge on any atom is -0.490 e. The number of anilines is 3. The molecule has 0 saturated carbocycles. The second-order valence-electron chi connectivity index (χ2n) is 9.61. The molecule has 5 aromatic rings. The number of hydrogen-bond acceptors (Lipinski definition) is 7. The van der Waals surface area contributed by atoms with Gasteiger partial charge in [-0.05, 0) is 71.3 Å². The maximum Gasteiger partial charge on any atom is 0.310 e. The van der Waals surface area contributed by atoms with E-state index in [9.17, 15) is 19.7 Å². The topological polar surface area (TPSA) is 149 Å². The number of nitrogens with two attached hydrogens (primary N) is 1. The van der Waals surface area contributed by atoms with Crippen LogP contribution >= 0.6 is 0 Å². The second kappa shape index (κ2) is 10.1. The minimum absolute atomic E-state index is 0.123. The summed E-state index contributed by atoms with van der Waals surface area (Å²) in [7, 11) is 1.38. The van der Waals surface area contributed by atoms with Crippen molar-refractivity contribution in [2.24, 2.45) is 5.73 Å². The van der Waals surface area contributed by atoms with E-state index in [1.54, 1.807) is 24.3 Å². The van der Waals surface area contributed by atoms with Crippen molar-refractivity contribution in [2.45, 2.75) is 6.42 Å². The summed E-state index contributed by atoms with van der Waals surface area (Å²) in [6, 6.07) is 25.1. The summed E-state index contributed by atoms with van der Waals surface area (Å²) in [5, 5.41) is 18.5. The van der Waals surface area contributed by atoms with Crippen LogP contribution in [0.25, 0.3) is 33.3 Å². The fourth-order valence-corrected chi connectivity index (χ4v) is 4.93. The van der Waals surface area contributed by atoms with Crippen LogP contribution in [0.5, 0.6) is 5.75 Å². The molecule has 4 aromatic carbocycles. The molecule has 41 heavy (non-hydrogen) atoms. The third-order valence-electron chi connectivity index (χ3n) is 6.94. The van der Waals surface area contributed by atoms with Gasteiger partial charge >= 0.3 is 5.69 Å². The molecule has 10 heteroatoms. The molecular weight excluding hydrogens is 522 g/mol. The molecule has 0 atom stereocenters. The molecule has 10 nitrogen and oxygen atoms in total. The van der Waals surface area contributed by atoms with Gasteiger partial charge in [0.15, 0.2) is 5.75 Å². The van der Waals surface area contributed by atoms with Crippen LogP contribution in [0.2, 0.25) is 0 Å². The quantitative estimate of drug-likeness (QED) is 0.180. The summed E-state index contributed by atoms with van der Waals surface area (Å²) < 4.78 is 5.21. The number of ether oxygens (including phenoxy) is 1. The summed E-state index contributed by atoms with van der Waals surface area (Å²) in [6.07, 6.45) is 0.168. The van der Waals surface area contributed by atoms with E-state index in [-0.39, 0.29) is 29.7 Å². The number of amides is 2. The van der Waals surface area contributed by atoms with Gasteiger partial charge in [-0.2, -0.15) is 0 Å². The van der Waals surface area contributed by atoms with Crippen LogP contribution < -0.4 is 21.1 Å². The van der Waals surface area contributed by atoms with E-state index in [0.717, 1.165) is 33.3 Å². The lowest BCUT2D eigenvalue weighted by atomic mass is 10.0. The van der Waals surface area contributed by atoms with E-state index in [1.807, 2.05) is 54.6 Å². The van der Waals surface area contributed by atoms with Crippen molar-refractivity contribution >= 4 is 45.5 Å².